The summed E-state index contributed by atoms with van der Waals surface area (Å²) in [7, 11) is 0. The molecule has 0 fully saturated rings. The summed E-state index contributed by atoms with van der Waals surface area (Å²) in [6, 6.07) is 16.4. The molecule has 0 aliphatic carbocycles. The fraction of sp³-hybridized carbons (Fsp3) is 0.0714. The maximum atomic E-state index is 4.28. The molecule has 0 amide bonds. The van der Waals surface area contributed by atoms with E-state index < -0.39 is 0 Å². The second-order valence-electron chi connectivity index (χ2n) is 3.92. The van der Waals surface area contributed by atoms with Gasteiger partial charge in [-0.25, -0.2) is 4.98 Å². The third-order valence-corrected chi connectivity index (χ3v) is 3.20. The van der Waals surface area contributed by atoms with Crippen LogP contribution in [0, 0.1) is 6.33 Å². The fourth-order valence-corrected chi connectivity index (χ4v) is 2.22. The normalized spacial score (nSPS) is 10.9. The lowest BCUT2D eigenvalue weighted by atomic mass is 10.2. The van der Waals surface area contributed by atoms with Crippen LogP contribution in [0.2, 0.25) is 0 Å². The van der Waals surface area contributed by atoms with Gasteiger partial charge < -0.3 is 4.57 Å². The van der Waals surface area contributed by atoms with E-state index in [1.807, 2.05) is 34.9 Å². The smallest absolute Gasteiger partial charge is 0.177 e. The number of rotatable bonds is 2. The molecule has 0 spiro atoms. The van der Waals surface area contributed by atoms with E-state index in [0.29, 0.717) is 0 Å². The molecular weight excluding hydrogens is 276 g/mol. The van der Waals surface area contributed by atoms with Crippen molar-refractivity contribution >= 4 is 27.0 Å². The van der Waals surface area contributed by atoms with Crippen molar-refractivity contribution in [1.82, 2.24) is 9.55 Å². The number of hydrogen-bond donors (Lipinski definition) is 0. The van der Waals surface area contributed by atoms with E-state index >= 15 is 0 Å². The molecule has 0 atom stereocenters. The van der Waals surface area contributed by atoms with Gasteiger partial charge in [-0.05, 0) is 23.8 Å². The van der Waals surface area contributed by atoms with Crippen molar-refractivity contribution in [3.63, 3.8) is 0 Å². The summed E-state index contributed by atoms with van der Waals surface area (Å²) in [5.41, 5.74) is 3.33. The molecule has 3 heteroatoms. The minimum atomic E-state index is 0.805. The number of hydrogen-bond acceptors (Lipinski definition) is 1. The molecule has 1 aromatic heterocycles. The zero-order valence-corrected chi connectivity index (χ0v) is 10.7. The Labute approximate surface area is 108 Å². The van der Waals surface area contributed by atoms with Crippen LogP contribution >= 0.6 is 15.9 Å². The molecule has 0 saturated carbocycles. The van der Waals surface area contributed by atoms with Crippen molar-refractivity contribution in [2.75, 3.05) is 0 Å². The molecule has 1 heterocycles. The minimum absolute atomic E-state index is 0.805. The standard InChI is InChI=1S/C14H10BrN2/c15-12-6-7-14-13(8-12)16-10-17(14)9-11-4-2-1-3-5-11/h1-8H,9H2. The highest BCUT2D eigenvalue weighted by Gasteiger charge is 2.03. The van der Waals surface area contributed by atoms with Gasteiger partial charge in [0.15, 0.2) is 6.33 Å². The number of benzene rings is 2. The first-order valence-corrected chi connectivity index (χ1v) is 6.19. The molecule has 0 bridgehead atoms. The molecule has 1 radical (unpaired) electrons. The lowest BCUT2D eigenvalue weighted by molar-refractivity contribution is 0.816. The van der Waals surface area contributed by atoms with E-state index in [0.717, 1.165) is 22.1 Å². The van der Waals surface area contributed by atoms with E-state index in [1.54, 1.807) is 0 Å². The van der Waals surface area contributed by atoms with Crippen LogP contribution in [0.3, 0.4) is 0 Å². The second kappa shape index (κ2) is 4.34. The lowest BCUT2D eigenvalue weighted by Gasteiger charge is -2.03. The van der Waals surface area contributed by atoms with Gasteiger partial charge in [0.25, 0.3) is 0 Å². The molecule has 2 aromatic carbocycles. The van der Waals surface area contributed by atoms with Crippen LogP contribution in [-0.4, -0.2) is 9.55 Å². The number of halogens is 1. The molecule has 0 unspecified atom stereocenters. The SMILES string of the molecule is Brc1ccc2c(c1)n[c]n2Cc1ccccc1. The van der Waals surface area contributed by atoms with Crippen molar-refractivity contribution in [3.05, 3.63) is 64.9 Å². The molecular formula is C14H10BrN2. The summed E-state index contributed by atoms with van der Waals surface area (Å²) in [5, 5.41) is 0. The first kappa shape index (κ1) is 10.5. The minimum Gasteiger partial charge on any atom is -0.317 e. The van der Waals surface area contributed by atoms with Crippen LogP contribution in [0.1, 0.15) is 5.56 Å². The largest absolute Gasteiger partial charge is 0.317 e. The molecule has 0 aliphatic rings. The van der Waals surface area contributed by atoms with Crippen molar-refractivity contribution in [2.24, 2.45) is 0 Å². The number of aromatic nitrogens is 2. The molecule has 3 aromatic rings. The molecule has 2 nitrogen and oxygen atoms in total. The van der Waals surface area contributed by atoms with Gasteiger partial charge in [0.05, 0.1) is 11.0 Å². The average Bonchev–Trinajstić information content (AvgIpc) is 2.73. The van der Waals surface area contributed by atoms with E-state index in [2.05, 4.69) is 45.4 Å². The summed E-state index contributed by atoms with van der Waals surface area (Å²) in [6.07, 6.45) is 3.04. The van der Waals surface area contributed by atoms with E-state index in [-0.39, 0.29) is 0 Å². The Balaban J connectivity index is 2.01. The molecule has 0 aliphatic heterocycles. The van der Waals surface area contributed by atoms with Gasteiger partial charge in [0.1, 0.15) is 0 Å². The first-order valence-electron chi connectivity index (χ1n) is 5.40. The Morgan fingerprint density at radius 1 is 1.12 bits per heavy atom. The van der Waals surface area contributed by atoms with Crippen LogP contribution in [0.15, 0.2) is 53.0 Å². The Hall–Kier alpha value is -1.61. The van der Waals surface area contributed by atoms with Crippen LogP contribution in [0.5, 0.6) is 0 Å². The Kier molecular flexibility index (Phi) is 2.69. The fourth-order valence-electron chi connectivity index (χ4n) is 1.87. The van der Waals surface area contributed by atoms with Gasteiger partial charge in [-0.3, -0.25) is 0 Å². The number of imidazole rings is 1. The van der Waals surface area contributed by atoms with Crippen LogP contribution in [0.4, 0.5) is 0 Å². The van der Waals surface area contributed by atoms with E-state index in [4.69, 9.17) is 0 Å². The highest BCUT2D eigenvalue weighted by molar-refractivity contribution is 9.10. The van der Waals surface area contributed by atoms with Crippen LogP contribution in [0.25, 0.3) is 11.0 Å². The molecule has 0 N–H and O–H groups in total. The monoisotopic (exact) mass is 285 g/mol. The van der Waals surface area contributed by atoms with Crippen molar-refractivity contribution in [2.45, 2.75) is 6.54 Å². The zero-order chi connectivity index (χ0) is 11.7. The summed E-state index contributed by atoms with van der Waals surface area (Å²) in [6.45, 7) is 0.805. The first-order chi connectivity index (χ1) is 8.33. The van der Waals surface area contributed by atoms with E-state index in [9.17, 15) is 0 Å². The van der Waals surface area contributed by atoms with E-state index in [1.165, 1.54) is 5.56 Å². The van der Waals surface area contributed by atoms with Gasteiger partial charge in [-0.2, -0.15) is 0 Å². The van der Waals surface area contributed by atoms with Gasteiger partial charge in [-0.1, -0.05) is 46.3 Å². The highest BCUT2D eigenvalue weighted by Crippen LogP contribution is 2.19. The van der Waals surface area contributed by atoms with Gasteiger partial charge >= 0.3 is 0 Å². The zero-order valence-electron chi connectivity index (χ0n) is 9.10. The molecule has 17 heavy (non-hydrogen) atoms. The van der Waals surface area contributed by atoms with Crippen molar-refractivity contribution in [1.29, 1.82) is 0 Å². The number of fused-ring (bicyclic) bond motifs is 1. The summed E-state index contributed by atoms with van der Waals surface area (Å²) in [5.74, 6) is 0. The Morgan fingerprint density at radius 2 is 1.94 bits per heavy atom. The lowest BCUT2D eigenvalue weighted by Crippen LogP contribution is -1.97. The third kappa shape index (κ3) is 2.11. The third-order valence-electron chi connectivity index (χ3n) is 2.70. The average molecular weight is 286 g/mol. The highest BCUT2D eigenvalue weighted by atomic mass is 79.9. The number of nitrogens with zero attached hydrogens (tertiary/aromatic N) is 2. The second-order valence-corrected chi connectivity index (χ2v) is 4.83. The predicted molar refractivity (Wildman–Crippen MR) is 71.8 cm³/mol. The summed E-state index contributed by atoms with van der Waals surface area (Å²) >= 11 is 3.45. The van der Waals surface area contributed by atoms with Crippen molar-refractivity contribution < 1.29 is 0 Å². The maximum Gasteiger partial charge on any atom is 0.177 e. The van der Waals surface area contributed by atoms with Crippen LogP contribution < -0.4 is 0 Å². The molecule has 0 saturated heterocycles. The summed E-state index contributed by atoms with van der Waals surface area (Å²) < 4.78 is 3.08. The molecule has 83 valence electrons. The van der Waals surface area contributed by atoms with Crippen molar-refractivity contribution in [3.8, 4) is 0 Å². The quantitative estimate of drug-likeness (QED) is 0.703. The van der Waals surface area contributed by atoms with Crippen LogP contribution in [-0.2, 0) is 6.54 Å². The predicted octanol–water partition coefficient (Wildman–Crippen LogP) is 3.65. The van der Waals surface area contributed by atoms with Gasteiger partial charge in [0.2, 0.25) is 0 Å². The summed E-state index contributed by atoms with van der Waals surface area (Å²) in [4.78, 5) is 4.28. The van der Waals surface area contributed by atoms with Gasteiger partial charge in [-0.15, -0.1) is 0 Å². The molecule has 3 rings (SSSR count). The topological polar surface area (TPSA) is 17.8 Å². The van der Waals surface area contributed by atoms with Gasteiger partial charge in [0, 0.05) is 11.0 Å². The maximum absolute atomic E-state index is 4.28. The Morgan fingerprint density at radius 3 is 2.76 bits per heavy atom. The Bertz CT molecular complexity index is 644.